The first-order chi connectivity index (χ1) is 12.9. The number of aromatic nitrogens is 1. The molecule has 6 nitrogen and oxygen atoms in total. The van der Waals surface area contributed by atoms with Crippen molar-refractivity contribution in [2.24, 2.45) is 0 Å². The van der Waals surface area contributed by atoms with Gasteiger partial charge >= 0.3 is 0 Å². The van der Waals surface area contributed by atoms with E-state index in [1.165, 1.54) is 0 Å². The van der Waals surface area contributed by atoms with Crippen molar-refractivity contribution in [2.45, 2.75) is 45.6 Å². The lowest BCUT2D eigenvalue weighted by atomic mass is 9.84. The number of amides is 1. The molecule has 27 heavy (non-hydrogen) atoms. The lowest BCUT2D eigenvalue weighted by Crippen LogP contribution is -2.36. The van der Waals surface area contributed by atoms with Crippen LogP contribution in [0.3, 0.4) is 0 Å². The van der Waals surface area contributed by atoms with Crippen LogP contribution in [0.4, 0.5) is 0 Å². The Balaban J connectivity index is 2.03. The highest BCUT2D eigenvalue weighted by molar-refractivity contribution is 7.85. The number of hydrogen-bond acceptors (Lipinski definition) is 4. The van der Waals surface area contributed by atoms with Gasteiger partial charge in [0.1, 0.15) is 0 Å². The van der Waals surface area contributed by atoms with Gasteiger partial charge in [0.05, 0.1) is 18.8 Å². The molecule has 3 rings (SSSR count). The molecule has 1 heterocycles. The highest BCUT2D eigenvalue weighted by Crippen LogP contribution is 2.40. The quantitative estimate of drug-likeness (QED) is 0.680. The van der Waals surface area contributed by atoms with Gasteiger partial charge in [0, 0.05) is 36.2 Å². The molecule has 2 aromatic rings. The Morgan fingerprint density at radius 2 is 1.96 bits per heavy atom. The molecule has 1 aliphatic carbocycles. The Morgan fingerprint density at radius 1 is 1.26 bits per heavy atom. The molecule has 148 valence electrons. The standard InChI is InChI=1S/C20H28N2O4S/c1-4-21(5-2)20(23)16-10-8-12-18-19(16)15-9-6-7-11-17(15)22(18)13-14-26-27(3,24)25/h6-7,9,11,16H,4-5,8,10,12-14H2,1-3H3. The highest BCUT2D eigenvalue weighted by atomic mass is 32.2. The lowest BCUT2D eigenvalue weighted by molar-refractivity contribution is -0.132. The summed E-state index contributed by atoms with van der Waals surface area (Å²) in [6, 6.07) is 8.07. The van der Waals surface area contributed by atoms with Gasteiger partial charge in [-0.1, -0.05) is 18.2 Å². The second-order valence-corrected chi connectivity index (χ2v) is 8.65. The fourth-order valence-electron chi connectivity index (χ4n) is 4.20. The predicted molar refractivity (Wildman–Crippen MR) is 106 cm³/mol. The van der Waals surface area contributed by atoms with Gasteiger partial charge in [-0.05, 0) is 44.7 Å². The molecule has 1 unspecified atom stereocenters. The lowest BCUT2D eigenvalue weighted by Gasteiger charge is -2.29. The molecule has 1 atom stereocenters. The van der Waals surface area contributed by atoms with Crippen LogP contribution < -0.4 is 0 Å². The van der Waals surface area contributed by atoms with E-state index < -0.39 is 10.1 Å². The summed E-state index contributed by atoms with van der Waals surface area (Å²) in [4.78, 5) is 15.0. The third-order valence-corrected chi connectivity index (χ3v) is 5.96. The molecule has 1 aromatic carbocycles. The number of fused-ring (bicyclic) bond motifs is 3. The molecule has 0 fully saturated rings. The molecule has 0 radical (unpaired) electrons. The third-order valence-electron chi connectivity index (χ3n) is 5.36. The zero-order valence-corrected chi connectivity index (χ0v) is 17.1. The number of carbonyl (C=O) groups is 1. The summed E-state index contributed by atoms with van der Waals surface area (Å²) < 4.78 is 29.7. The normalized spacial score (nSPS) is 17.1. The van der Waals surface area contributed by atoms with Crippen LogP contribution in [0.15, 0.2) is 24.3 Å². The van der Waals surface area contributed by atoms with Crippen LogP contribution in [0.2, 0.25) is 0 Å². The summed E-state index contributed by atoms with van der Waals surface area (Å²) in [6.45, 7) is 5.99. The number of benzene rings is 1. The Hall–Kier alpha value is -1.86. The molecular formula is C20H28N2O4S. The smallest absolute Gasteiger partial charge is 0.264 e. The van der Waals surface area contributed by atoms with Crippen molar-refractivity contribution in [2.75, 3.05) is 26.0 Å². The van der Waals surface area contributed by atoms with Gasteiger partial charge in [0.25, 0.3) is 10.1 Å². The van der Waals surface area contributed by atoms with E-state index in [-0.39, 0.29) is 18.4 Å². The SMILES string of the molecule is CCN(CC)C(=O)C1CCCc2c1c1ccccc1n2CCOS(C)(=O)=O. The predicted octanol–water partition coefficient (Wildman–Crippen LogP) is 2.91. The molecule has 0 aliphatic heterocycles. The number of carbonyl (C=O) groups excluding carboxylic acids is 1. The maximum Gasteiger partial charge on any atom is 0.264 e. The zero-order chi connectivity index (χ0) is 19.6. The van der Waals surface area contributed by atoms with Crippen molar-refractivity contribution in [1.29, 1.82) is 0 Å². The molecule has 0 N–H and O–H groups in total. The second-order valence-electron chi connectivity index (χ2n) is 7.01. The maximum absolute atomic E-state index is 13.1. The first-order valence-corrected chi connectivity index (χ1v) is 11.4. The number of nitrogens with zero attached hydrogens (tertiary/aromatic N) is 2. The topological polar surface area (TPSA) is 68.6 Å². The number of rotatable bonds is 7. The van der Waals surface area contributed by atoms with Crippen molar-refractivity contribution in [3.63, 3.8) is 0 Å². The van der Waals surface area contributed by atoms with E-state index in [4.69, 9.17) is 4.18 Å². The summed E-state index contributed by atoms with van der Waals surface area (Å²) in [5.74, 6) is 0.0619. The average molecular weight is 393 g/mol. The van der Waals surface area contributed by atoms with E-state index in [1.807, 2.05) is 36.9 Å². The Bertz CT molecular complexity index is 929. The number of para-hydroxylation sites is 1. The molecule has 0 saturated heterocycles. The fraction of sp³-hybridized carbons (Fsp3) is 0.550. The van der Waals surface area contributed by atoms with Crippen molar-refractivity contribution in [1.82, 2.24) is 9.47 Å². The van der Waals surface area contributed by atoms with Crippen LogP contribution >= 0.6 is 0 Å². The maximum atomic E-state index is 13.1. The second kappa shape index (κ2) is 8.02. The van der Waals surface area contributed by atoms with Crippen LogP contribution in [-0.4, -0.2) is 49.7 Å². The van der Waals surface area contributed by atoms with Gasteiger partial charge < -0.3 is 9.47 Å². The van der Waals surface area contributed by atoms with Crippen molar-refractivity contribution >= 4 is 26.9 Å². The first kappa shape index (κ1) is 19.9. The summed E-state index contributed by atoms with van der Waals surface area (Å²) in [6.07, 6.45) is 3.77. The monoisotopic (exact) mass is 392 g/mol. The van der Waals surface area contributed by atoms with Crippen LogP contribution in [0.1, 0.15) is 43.9 Å². The van der Waals surface area contributed by atoms with Gasteiger partial charge in [-0.2, -0.15) is 8.42 Å². The fourth-order valence-corrected chi connectivity index (χ4v) is 4.57. The van der Waals surface area contributed by atoms with E-state index in [1.54, 1.807) is 0 Å². The summed E-state index contributed by atoms with van der Waals surface area (Å²) >= 11 is 0. The van der Waals surface area contributed by atoms with Crippen molar-refractivity contribution in [3.8, 4) is 0 Å². The molecule has 0 saturated carbocycles. The highest BCUT2D eigenvalue weighted by Gasteiger charge is 2.33. The van der Waals surface area contributed by atoms with E-state index in [0.29, 0.717) is 19.6 Å². The van der Waals surface area contributed by atoms with Crippen LogP contribution in [-0.2, 0) is 32.1 Å². The van der Waals surface area contributed by atoms with Gasteiger partial charge in [0.2, 0.25) is 5.91 Å². The van der Waals surface area contributed by atoms with Gasteiger partial charge in [0.15, 0.2) is 0 Å². The van der Waals surface area contributed by atoms with Crippen LogP contribution in [0.25, 0.3) is 10.9 Å². The molecule has 1 aliphatic rings. The van der Waals surface area contributed by atoms with E-state index >= 15 is 0 Å². The number of likely N-dealkylation sites (N-methyl/N-ethyl adjacent to an activating group) is 1. The van der Waals surface area contributed by atoms with E-state index in [9.17, 15) is 13.2 Å². The minimum Gasteiger partial charge on any atom is -0.343 e. The van der Waals surface area contributed by atoms with Gasteiger partial charge in [-0.15, -0.1) is 0 Å². The van der Waals surface area contributed by atoms with Crippen molar-refractivity contribution < 1.29 is 17.4 Å². The molecule has 0 spiro atoms. The van der Waals surface area contributed by atoms with Gasteiger partial charge in [-0.3, -0.25) is 8.98 Å². The molecular weight excluding hydrogens is 364 g/mol. The van der Waals surface area contributed by atoms with E-state index in [0.717, 1.165) is 47.7 Å². The first-order valence-electron chi connectivity index (χ1n) is 9.60. The third kappa shape index (κ3) is 4.04. The number of hydrogen-bond donors (Lipinski definition) is 0. The minimum absolute atomic E-state index is 0.0958. The Morgan fingerprint density at radius 3 is 2.63 bits per heavy atom. The van der Waals surface area contributed by atoms with Gasteiger partial charge in [-0.25, -0.2) is 0 Å². The molecule has 0 bridgehead atoms. The average Bonchev–Trinajstić information content (AvgIpc) is 2.96. The minimum atomic E-state index is -3.47. The Kier molecular flexibility index (Phi) is 5.91. The summed E-state index contributed by atoms with van der Waals surface area (Å²) in [5, 5.41) is 1.09. The van der Waals surface area contributed by atoms with Crippen LogP contribution in [0.5, 0.6) is 0 Å². The molecule has 7 heteroatoms. The van der Waals surface area contributed by atoms with Crippen molar-refractivity contribution in [3.05, 3.63) is 35.5 Å². The molecule has 1 aromatic heterocycles. The summed E-state index contributed by atoms with van der Waals surface area (Å²) in [5.41, 5.74) is 3.30. The van der Waals surface area contributed by atoms with E-state index in [2.05, 4.69) is 10.6 Å². The van der Waals surface area contributed by atoms with Crippen LogP contribution in [0, 0.1) is 0 Å². The Labute approximate surface area is 161 Å². The summed E-state index contributed by atoms with van der Waals surface area (Å²) in [7, 11) is -3.47. The largest absolute Gasteiger partial charge is 0.343 e. The zero-order valence-electron chi connectivity index (χ0n) is 16.3. The molecule has 1 amide bonds.